The van der Waals surface area contributed by atoms with Gasteiger partial charge in [0.1, 0.15) is 11.6 Å². The average molecular weight is 350 g/mol. The third-order valence-corrected chi connectivity index (χ3v) is 4.13. The molecule has 0 fully saturated rings. The van der Waals surface area contributed by atoms with Crippen molar-refractivity contribution in [1.82, 2.24) is 15.0 Å². The minimum atomic E-state index is -0.785. The summed E-state index contributed by atoms with van der Waals surface area (Å²) >= 11 is 0. The highest BCUT2D eigenvalue weighted by atomic mass is 16.2. The average Bonchev–Trinajstić information content (AvgIpc) is 2.65. The lowest BCUT2D eigenvalue weighted by Gasteiger charge is -2.16. The molecule has 0 spiro atoms. The van der Waals surface area contributed by atoms with Crippen LogP contribution in [0.1, 0.15) is 36.7 Å². The fourth-order valence-corrected chi connectivity index (χ4v) is 2.69. The summed E-state index contributed by atoms with van der Waals surface area (Å²) in [6.07, 6.45) is 0.379. The number of fused-ring (bicyclic) bond motifs is 1. The lowest BCUT2D eigenvalue weighted by Crippen LogP contribution is -2.35. The van der Waals surface area contributed by atoms with Crippen molar-refractivity contribution in [2.24, 2.45) is 0 Å². The Morgan fingerprint density at radius 2 is 1.81 bits per heavy atom. The molecule has 0 aliphatic carbocycles. The second-order valence-corrected chi connectivity index (χ2v) is 5.90. The molecule has 0 aliphatic rings. The van der Waals surface area contributed by atoms with Crippen molar-refractivity contribution in [1.29, 1.82) is 0 Å². The van der Waals surface area contributed by atoms with E-state index in [-0.39, 0.29) is 17.2 Å². The van der Waals surface area contributed by atoms with Crippen LogP contribution in [0.15, 0.2) is 53.3 Å². The summed E-state index contributed by atoms with van der Waals surface area (Å²) in [5.41, 5.74) is 1.24. The van der Waals surface area contributed by atoms with E-state index in [0.29, 0.717) is 28.6 Å². The Morgan fingerprint density at radius 1 is 1.12 bits per heavy atom. The zero-order valence-electron chi connectivity index (χ0n) is 14.5. The predicted octanol–water partition coefficient (Wildman–Crippen LogP) is 2.58. The van der Waals surface area contributed by atoms with Gasteiger partial charge in [-0.15, -0.1) is 5.10 Å². The van der Waals surface area contributed by atoms with E-state index < -0.39 is 6.04 Å². The van der Waals surface area contributed by atoms with Gasteiger partial charge in [0.2, 0.25) is 5.91 Å². The standard InChI is InChI=1S/C19H18N4O3/c1-3-17(18(25)20-14-10-8-13(9-11-14)12(2)24)23-19(26)15-6-4-5-7-16(15)21-22-23/h4-11,17H,3H2,1-2H3,(H,20,25)/t17-/m0/s1. The Kier molecular flexibility index (Phi) is 4.88. The van der Waals surface area contributed by atoms with E-state index in [2.05, 4.69) is 15.6 Å². The molecule has 1 atom stereocenters. The zero-order chi connectivity index (χ0) is 18.7. The highest BCUT2D eigenvalue weighted by molar-refractivity contribution is 5.96. The first-order valence-electron chi connectivity index (χ1n) is 8.27. The molecule has 0 radical (unpaired) electrons. The number of anilines is 1. The number of Topliss-reactive ketones (excluding diaryl/α,β-unsaturated/α-hetero) is 1. The van der Waals surface area contributed by atoms with Gasteiger partial charge in [0.25, 0.3) is 5.56 Å². The molecule has 1 N–H and O–H groups in total. The Morgan fingerprint density at radius 3 is 2.46 bits per heavy atom. The van der Waals surface area contributed by atoms with Gasteiger partial charge >= 0.3 is 0 Å². The molecule has 1 heterocycles. The molecule has 7 nitrogen and oxygen atoms in total. The van der Waals surface area contributed by atoms with Crippen LogP contribution in [0.2, 0.25) is 0 Å². The van der Waals surface area contributed by atoms with Crippen LogP contribution in [0.5, 0.6) is 0 Å². The summed E-state index contributed by atoms with van der Waals surface area (Å²) in [5, 5.41) is 11.1. The SMILES string of the molecule is CC[C@@H](C(=O)Nc1ccc(C(C)=O)cc1)n1nnc2ccccc2c1=O. The van der Waals surface area contributed by atoms with Gasteiger partial charge in [-0.2, -0.15) is 4.68 Å². The number of nitrogens with zero attached hydrogens (tertiary/aromatic N) is 3. The van der Waals surface area contributed by atoms with E-state index >= 15 is 0 Å². The normalized spacial score (nSPS) is 11.9. The third kappa shape index (κ3) is 3.37. The van der Waals surface area contributed by atoms with Gasteiger partial charge in [0.05, 0.1) is 5.39 Å². The maximum absolute atomic E-state index is 12.6. The molecule has 7 heteroatoms. The maximum atomic E-state index is 12.6. The number of aromatic nitrogens is 3. The largest absolute Gasteiger partial charge is 0.324 e. The van der Waals surface area contributed by atoms with E-state index in [4.69, 9.17) is 0 Å². The molecule has 0 saturated carbocycles. The molecule has 26 heavy (non-hydrogen) atoms. The Balaban J connectivity index is 1.88. The van der Waals surface area contributed by atoms with Crippen molar-refractivity contribution >= 4 is 28.3 Å². The van der Waals surface area contributed by atoms with Crippen LogP contribution in [-0.2, 0) is 4.79 Å². The van der Waals surface area contributed by atoms with Crippen LogP contribution in [0.4, 0.5) is 5.69 Å². The summed E-state index contributed by atoms with van der Waals surface area (Å²) < 4.78 is 1.11. The van der Waals surface area contributed by atoms with Crippen LogP contribution in [0, 0.1) is 0 Å². The minimum Gasteiger partial charge on any atom is -0.324 e. The summed E-state index contributed by atoms with van der Waals surface area (Å²) in [6, 6.07) is 12.7. The molecule has 0 bridgehead atoms. The molecule has 0 aliphatic heterocycles. The molecule has 1 amide bonds. The molecular weight excluding hydrogens is 332 g/mol. The molecule has 1 aromatic heterocycles. The van der Waals surface area contributed by atoms with Gasteiger partial charge < -0.3 is 5.32 Å². The van der Waals surface area contributed by atoms with Crippen molar-refractivity contribution in [2.45, 2.75) is 26.3 Å². The smallest absolute Gasteiger partial charge is 0.278 e. The number of carbonyl (C=O) groups excluding carboxylic acids is 2. The second-order valence-electron chi connectivity index (χ2n) is 5.90. The first-order valence-corrected chi connectivity index (χ1v) is 8.27. The topological polar surface area (TPSA) is 93.9 Å². The maximum Gasteiger partial charge on any atom is 0.278 e. The van der Waals surface area contributed by atoms with Gasteiger partial charge in [-0.25, -0.2) is 0 Å². The zero-order valence-corrected chi connectivity index (χ0v) is 14.5. The van der Waals surface area contributed by atoms with Crippen molar-refractivity contribution < 1.29 is 9.59 Å². The van der Waals surface area contributed by atoms with Gasteiger partial charge in [-0.05, 0) is 49.7 Å². The lowest BCUT2D eigenvalue weighted by atomic mass is 10.1. The first-order chi connectivity index (χ1) is 12.5. The van der Waals surface area contributed by atoms with E-state index in [1.807, 2.05) is 0 Å². The predicted molar refractivity (Wildman–Crippen MR) is 98.2 cm³/mol. The first kappa shape index (κ1) is 17.5. The van der Waals surface area contributed by atoms with Gasteiger partial charge in [0, 0.05) is 11.3 Å². The van der Waals surface area contributed by atoms with E-state index in [9.17, 15) is 14.4 Å². The highest BCUT2D eigenvalue weighted by Gasteiger charge is 2.22. The van der Waals surface area contributed by atoms with Crippen LogP contribution in [0.25, 0.3) is 10.9 Å². The quantitative estimate of drug-likeness (QED) is 0.714. The summed E-state index contributed by atoms with van der Waals surface area (Å²) in [4.78, 5) is 36.6. The number of ketones is 1. The number of benzene rings is 2. The Bertz CT molecular complexity index is 1020. The molecule has 3 rings (SSSR count). The van der Waals surface area contributed by atoms with Crippen molar-refractivity contribution in [3.8, 4) is 0 Å². The molecule has 132 valence electrons. The Labute approximate surface area is 149 Å². The minimum absolute atomic E-state index is 0.0488. The number of rotatable bonds is 5. The summed E-state index contributed by atoms with van der Waals surface area (Å²) in [6.45, 7) is 3.28. The van der Waals surface area contributed by atoms with E-state index in [1.165, 1.54) is 6.92 Å². The molecule has 2 aromatic carbocycles. The van der Waals surface area contributed by atoms with Crippen molar-refractivity contribution in [2.75, 3.05) is 5.32 Å². The van der Waals surface area contributed by atoms with E-state index in [1.54, 1.807) is 55.5 Å². The van der Waals surface area contributed by atoms with Crippen LogP contribution in [-0.4, -0.2) is 26.7 Å². The fraction of sp³-hybridized carbons (Fsp3) is 0.211. The van der Waals surface area contributed by atoms with Gasteiger partial charge in [-0.1, -0.05) is 24.3 Å². The highest BCUT2D eigenvalue weighted by Crippen LogP contribution is 2.15. The third-order valence-electron chi connectivity index (χ3n) is 4.13. The molecular formula is C19H18N4O3. The van der Waals surface area contributed by atoms with Crippen LogP contribution >= 0.6 is 0 Å². The molecule has 0 saturated heterocycles. The second kappa shape index (κ2) is 7.26. The van der Waals surface area contributed by atoms with Gasteiger partial charge in [-0.3, -0.25) is 14.4 Å². The number of carbonyl (C=O) groups is 2. The number of nitrogens with one attached hydrogen (secondary N) is 1. The lowest BCUT2D eigenvalue weighted by molar-refractivity contribution is -0.119. The summed E-state index contributed by atoms with van der Waals surface area (Å²) in [5.74, 6) is -0.415. The molecule has 3 aromatic rings. The number of amides is 1. The molecule has 0 unspecified atom stereocenters. The van der Waals surface area contributed by atoms with Crippen molar-refractivity contribution in [3.63, 3.8) is 0 Å². The monoisotopic (exact) mass is 350 g/mol. The van der Waals surface area contributed by atoms with Crippen LogP contribution < -0.4 is 10.9 Å². The number of hydrogen-bond acceptors (Lipinski definition) is 5. The van der Waals surface area contributed by atoms with Crippen molar-refractivity contribution in [3.05, 3.63) is 64.4 Å². The Hall–Kier alpha value is -3.35. The number of hydrogen-bond donors (Lipinski definition) is 1. The fourth-order valence-electron chi connectivity index (χ4n) is 2.69. The summed E-state index contributed by atoms with van der Waals surface area (Å²) in [7, 11) is 0. The van der Waals surface area contributed by atoms with Crippen LogP contribution in [0.3, 0.4) is 0 Å². The van der Waals surface area contributed by atoms with E-state index in [0.717, 1.165) is 4.68 Å². The van der Waals surface area contributed by atoms with Gasteiger partial charge in [0.15, 0.2) is 5.78 Å².